The van der Waals surface area contributed by atoms with Crippen LogP contribution in [0.2, 0.25) is 0 Å². The quantitative estimate of drug-likeness (QED) is 0.529. The first-order chi connectivity index (χ1) is 15.4. The van der Waals surface area contributed by atoms with E-state index in [0.717, 1.165) is 6.42 Å². The molecule has 7 nitrogen and oxygen atoms in total. The van der Waals surface area contributed by atoms with Crippen molar-refractivity contribution in [3.63, 3.8) is 0 Å². The topological polar surface area (TPSA) is 74.1 Å². The summed E-state index contributed by atoms with van der Waals surface area (Å²) in [6.45, 7) is -0.598. The summed E-state index contributed by atoms with van der Waals surface area (Å²) in [4.78, 5) is 12.6. The molecule has 1 aliphatic carbocycles. The van der Waals surface area contributed by atoms with E-state index in [1.54, 1.807) is 29.0 Å². The number of alkyl halides is 3. The van der Waals surface area contributed by atoms with Crippen LogP contribution in [-0.4, -0.2) is 48.1 Å². The summed E-state index contributed by atoms with van der Waals surface area (Å²) in [5.74, 6) is -0.447. The summed E-state index contributed by atoms with van der Waals surface area (Å²) in [6.07, 6.45) is 3.18. The fourth-order valence-electron chi connectivity index (χ4n) is 3.37. The molecule has 0 saturated heterocycles. The van der Waals surface area contributed by atoms with E-state index >= 15 is 0 Å². The van der Waals surface area contributed by atoms with E-state index in [0.29, 0.717) is 29.0 Å². The average molecular weight is 449 g/mol. The van der Waals surface area contributed by atoms with E-state index in [9.17, 15) is 18.0 Å². The number of nitrogens with one attached hydrogen (secondary N) is 1. The Hall–Kier alpha value is -3.43. The van der Waals surface area contributed by atoms with Crippen molar-refractivity contribution in [3.8, 4) is 28.4 Å². The standard InChI is InChI=1S/C22H22F3N3O4/c1-3-6-31-13-4-5-17-14(10-26-28(17)11-13)12-7-18(30-2)20(19(8-12)32-22(24)25)21(29)27-16-9-15(16)23/h4-5,7-8,10-11,15-16,22H,3,6,9H2,1-2H3,(H,27,29)/t15-,16+/m0/s1. The van der Waals surface area contributed by atoms with Gasteiger partial charge in [-0.25, -0.2) is 8.91 Å². The minimum absolute atomic E-state index is 0.0222. The normalized spacial score (nSPS) is 17.4. The molecule has 2 heterocycles. The zero-order chi connectivity index (χ0) is 22.8. The second-order valence-corrected chi connectivity index (χ2v) is 7.36. The Labute approximate surface area is 182 Å². The average Bonchev–Trinajstić information content (AvgIpc) is 3.29. The van der Waals surface area contributed by atoms with E-state index < -0.39 is 24.7 Å². The van der Waals surface area contributed by atoms with Crippen molar-refractivity contribution in [1.82, 2.24) is 14.9 Å². The lowest BCUT2D eigenvalue weighted by Gasteiger charge is -2.16. The second-order valence-electron chi connectivity index (χ2n) is 7.36. The maximum absolute atomic E-state index is 13.2. The summed E-state index contributed by atoms with van der Waals surface area (Å²) in [6, 6.07) is 5.79. The van der Waals surface area contributed by atoms with Crippen molar-refractivity contribution in [2.24, 2.45) is 0 Å². The molecule has 0 aliphatic heterocycles. The monoisotopic (exact) mass is 449 g/mol. The highest BCUT2D eigenvalue weighted by atomic mass is 19.3. The van der Waals surface area contributed by atoms with E-state index in [2.05, 4.69) is 15.2 Å². The molecule has 1 saturated carbocycles. The van der Waals surface area contributed by atoms with Gasteiger partial charge in [-0.15, -0.1) is 0 Å². The predicted octanol–water partition coefficient (Wildman–Crippen LogP) is 4.24. The third kappa shape index (κ3) is 4.44. The molecule has 3 aromatic rings. The first-order valence-corrected chi connectivity index (χ1v) is 10.1. The Bertz CT molecular complexity index is 1140. The van der Waals surface area contributed by atoms with Gasteiger partial charge in [0.15, 0.2) is 0 Å². The molecule has 10 heteroatoms. The zero-order valence-electron chi connectivity index (χ0n) is 17.5. The Morgan fingerprint density at radius 1 is 1.31 bits per heavy atom. The number of methoxy groups -OCH3 is 1. The lowest BCUT2D eigenvalue weighted by molar-refractivity contribution is -0.0502. The summed E-state index contributed by atoms with van der Waals surface area (Å²) < 4.78 is 56.6. The van der Waals surface area contributed by atoms with Crippen LogP contribution in [0.15, 0.2) is 36.7 Å². The highest BCUT2D eigenvalue weighted by Crippen LogP contribution is 2.38. The second kappa shape index (κ2) is 8.97. The molecule has 2 aromatic heterocycles. The number of aromatic nitrogens is 2. The van der Waals surface area contributed by atoms with Crippen LogP contribution in [0.3, 0.4) is 0 Å². The lowest BCUT2D eigenvalue weighted by Crippen LogP contribution is -2.28. The van der Waals surface area contributed by atoms with Crippen molar-refractivity contribution >= 4 is 11.4 Å². The minimum Gasteiger partial charge on any atom is -0.496 e. The molecule has 1 amide bonds. The molecular formula is C22H22F3N3O4. The molecule has 1 fully saturated rings. The first kappa shape index (κ1) is 21.8. The maximum atomic E-state index is 13.2. The van der Waals surface area contributed by atoms with Crippen LogP contribution < -0.4 is 19.5 Å². The molecule has 4 rings (SSSR count). The zero-order valence-corrected chi connectivity index (χ0v) is 17.5. The highest BCUT2D eigenvalue weighted by Gasteiger charge is 2.40. The molecule has 1 aliphatic rings. The lowest BCUT2D eigenvalue weighted by atomic mass is 10.0. The van der Waals surface area contributed by atoms with Crippen LogP contribution in [0, 0.1) is 0 Å². The van der Waals surface area contributed by atoms with Gasteiger partial charge < -0.3 is 19.5 Å². The third-order valence-corrected chi connectivity index (χ3v) is 5.03. The number of fused-ring (bicyclic) bond motifs is 1. The number of carbonyl (C=O) groups excluding carboxylic acids is 1. The number of rotatable bonds is 9. The van der Waals surface area contributed by atoms with Gasteiger partial charge in [0, 0.05) is 12.0 Å². The highest BCUT2D eigenvalue weighted by molar-refractivity contribution is 6.01. The number of pyridine rings is 1. The molecule has 1 aromatic carbocycles. The van der Waals surface area contributed by atoms with Crippen LogP contribution >= 0.6 is 0 Å². The summed E-state index contributed by atoms with van der Waals surface area (Å²) >= 11 is 0. The van der Waals surface area contributed by atoms with Crippen LogP contribution in [0.25, 0.3) is 16.6 Å². The fourth-order valence-corrected chi connectivity index (χ4v) is 3.37. The molecule has 1 N–H and O–H groups in total. The van der Waals surface area contributed by atoms with Crippen molar-refractivity contribution in [2.45, 2.75) is 38.6 Å². The van der Waals surface area contributed by atoms with E-state index in [4.69, 9.17) is 9.47 Å². The van der Waals surface area contributed by atoms with Gasteiger partial charge in [0.05, 0.1) is 37.7 Å². The number of carbonyl (C=O) groups is 1. The van der Waals surface area contributed by atoms with Crippen molar-refractivity contribution in [3.05, 3.63) is 42.2 Å². The van der Waals surface area contributed by atoms with E-state index in [1.807, 2.05) is 6.92 Å². The van der Waals surface area contributed by atoms with Gasteiger partial charge in [-0.1, -0.05) is 6.92 Å². The van der Waals surface area contributed by atoms with Crippen molar-refractivity contribution < 1.29 is 32.2 Å². The van der Waals surface area contributed by atoms with Crippen LogP contribution in [0.5, 0.6) is 17.2 Å². The largest absolute Gasteiger partial charge is 0.496 e. The van der Waals surface area contributed by atoms with Crippen LogP contribution in [0.1, 0.15) is 30.1 Å². The van der Waals surface area contributed by atoms with Crippen LogP contribution in [0.4, 0.5) is 13.2 Å². The molecule has 170 valence electrons. The van der Waals surface area contributed by atoms with E-state index in [1.165, 1.54) is 19.2 Å². The molecular weight excluding hydrogens is 427 g/mol. The maximum Gasteiger partial charge on any atom is 0.387 e. The van der Waals surface area contributed by atoms with Gasteiger partial charge in [0.1, 0.15) is 29.0 Å². The number of hydrogen-bond acceptors (Lipinski definition) is 5. The SMILES string of the molecule is CCCOc1ccc2c(-c3cc(OC)c(C(=O)N[C@@H]4C[C@@H]4F)c(OC(F)F)c3)cnn2c1. The van der Waals surface area contributed by atoms with Gasteiger partial charge in [0.25, 0.3) is 5.91 Å². The number of hydrogen-bond donors (Lipinski definition) is 1. The summed E-state index contributed by atoms with van der Waals surface area (Å²) in [5, 5.41) is 6.78. The van der Waals surface area contributed by atoms with Crippen molar-refractivity contribution in [1.29, 1.82) is 0 Å². The predicted molar refractivity (Wildman–Crippen MR) is 110 cm³/mol. The molecule has 0 spiro atoms. The summed E-state index contributed by atoms with van der Waals surface area (Å²) in [5.41, 5.74) is 1.54. The third-order valence-electron chi connectivity index (χ3n) is 5.03. The molecule has 2 atom stereocenters. The molecule has 0 unspecified atom stereocenters. The molecule has 0 bridgehead atoms. The van der Waals surface area contributed by atoms with Gasteiger partial charge in [-0.2, -0.15) is 13.9 Å². The smallest absolute Gasteiger partial charge is 0.387 e. The summed E-state index contributed by atoms with van der Waals surface area (Å²) in [7, 11) is 1.31. The van der Waals surface area contributed by atoms with Gasteiger partial charge >= 0.3 is 6.61 Å². The van der Waals surface area contributed by atoms with Gasteiger partial charge in [0.2, 0.25) is 0 Å². The number of ether oxygens (including phenoxy) is 3. The Morgan fingerprint density at radius 2 is 2.06 bits per heavy atom. The Kier molecular flexibility index (Phi) is 6.11. The van der Waals surface area contributed by atoms with E-state index in [-0.39, 0.29) is 23.5 Å². The number of halogens is 3. The minimum atomic E-state index is -3.17. The Balaban J connectivity index is 1.75. The van der Waals surface area contributed by atoms with Crippen molar-refractivity contribution in [2.75, 3.05) is 13.7 Å². The molecule has 0 radical (unpaired) electrons. The Morgan fingerprint density at radius 3 is 2.72 bits per heavy atom. The number of nitrogens with zero attached hydrogens (tertiary/aromatic N) is 2. The molecule has 32 heavy (non-hydrogen) atoms. The first-order valence-electron chi connectivity index (χ1n) is 10.1. The fraction of sp³-hybridized carbons (Fsp3) is 0.364. The van der Waals surface area contributed by atoms with Gasteiger partial charge in [-0.05, 0) is 36.2 Å². The number of amides is 1. The van der Waals surface area contributed by atoms with Gasteiger partial charge in [-0.3, -0.25) is 4.79 Å². The number of benzene rings is 1. The van der Waals surface area contributed by atoms with Crippen LogP contribution in [-0.2, 0) is 0 Å².